The number of hydrogen-bond acceptors (Lipinski definition) is 3. The molecule has 0 radical (unpaired) electrons. The van der Waals surface area contributed by atoms with Crippen LogP contribution in [0.3, 0.4) is 0 Å². The summed E-state index contributed by atoms with van der Waals surface area (Å²) in [6.45, 7) is 2.61. The second-order valence-corrected chi connectivity index (χ2v) is 5.68. The summed E-state index contributed by atoms with van der Waals surface area (Å²) in [5, 5.41) is 15.4. The molecule has 1 aliphatic heterocycles. The highest BCUT2D eigenvalue weighted by molar-refractivity contribution is 5.84. The van der Waals surface area contributed by atoms with Crippen LogP contribution in [-0.2, 0) is 9.59 Å². The molecule has 0 aromatic heterocycles. The van der Waals surface area contributed by atoms with Crippen LogP contribution in [0, 0.1) is 5.41 Å². The monoisotopic (exact) mass is 254 g/mol. The average Bonchev–Trinajstić information content (AvgIpc) is 2.73. The van der Waals surface area contributed by atoms with Crippen LogP contribution < -0.4 is 10.6 Å². The van der Waals surface area contributed by atoms with Crippen molar-refractivity contribution in [2.24, 2.45) is 5.41 Å². The number of aliphatic carboxylic acids is 1. The molecule has 0 bridgehead atoms. The first kappa shape index (κ1) is 13.3. The van der Waals surface area contributed by atoms with Crippen LogP contribution >= 0.6 is 0 Å². The maximum absolute atomic E-state index is 12.1. The molecular weight excluding hydrogens is 232 g/mol. The van der Waals surface area contributed by atoms with Gasteiger partial charge in [0.05, 0.1) is 11.5 Å². The smallest absolute Gasteiger partial charge is 0.311 e. The van der Waals surface area contributed by atoms with Crippen molar-refractivity contribution in [1.29, 1.82) is 0 Å². The van der Waals surface area contributed by atoms with Crippen molar-refractivity contribution in [3.63, 3.8) is 0 Å². The minimum absolute atomic E-state index is 0.0333. The molecule has 2 unspecified atom stereocenters. The number of carbonyl (C=O) groups is 2. The summed E-state index contributed by atoms with van der Waals surface area (Å²) in [7, 11) is 0. The first-order valence-electron chi connectivity index (χ1n) is 6.81. The van der Waals surface area contributed by atoms with Gasteiger partial charge in [-0.1, -0.05) is 12.8 Å². The van der Waals surface area contributed by atoms with E-state index in [-0.39, 0.29) is 18.0 Å². The largest absolute Gasteiger partial charge is 0.481 e. The van der Waals surface area contributed by atoms with Crippen molar-refractivity contribution in [3.05, 3.63) is 0 Å². The summed E-state index contributed by atoms with van der Waals surface area (Å²) in [5.74, 6) is -0.837. The van der Waals surface area contributed by atoms with Crippen LogP contribution in [0.2, 0.25) is 0 Å². The number of carboxylic acid groups (broad SMARTS) is 1. The van der Waals surface area contributed by atoms with E-state index >= 15 is 0 Å². The molecular formula is C13H22N2O3. The molecule has 1 saturated carbocycles. The van der Waals surface area contributed by atoms with Crippen molar-refractivity contribution < 1.29 is 14.7 Å². The normalized spacial score (nSPS) is 36.3. The quantitative estimate of drug-likeness (QED) is 0.699. The maximum Gasteiger partial charge on any atom is 0.311 e. The lowest BCUT2D eigenvalue weighted by atomic mass is 9.84. The van der Waals surface area contributed by atoms with Gasteiger partial charge in [0.15, 0.2) is 0 Å². The van der Waals surface area contributed by atoms with Crippen molar-refractivity contribution in [2.75, 3.05) is 6.54 Å². The van der Waals surface area contributed by atoms with Gasteiger partial charge in [-0.05, 0) is 39.2 Å². The Morgan fingerprint density at radius 1 is 1.28 bits per heavy atom. The van der Waals surface area contributed by atoms with E-state index in [2.05, 4.69) is 10.6 Å². The van der Waals surface area contributed by atoms with Gasteiger partial charge in [-0.15, -0.1) is 0 Å². The number of nitrogens with one attached hydrogen (secondary N) is 2. The predicted octanol–water partition coefficient (Wildman–Crippen LogP) is 0.888. The maximum atomic E-state index is 12.1. The Labute approximate surface area is 107 Å². The Balaban J connectivity index is 1.95. The average molecular weight is 254 g/mol. The van der Waals surface area contributed by atoms with E-state index in [0.29, 0.717) is 6.42 Å². The SMILES string of the molecule is CC1(C(=O)O)CCCC1NC(=O)[C@H]1CCCCN1. The second-order valence-electron chi connectivity index (χ2n) is 5.68. The van der Waals surface area contributed by atoms with Gasteiger partial charge in [0.1, 0.15) is 0 Å². The van der Waals surface area contributed by atoms with Crippen LogP contribution in [0.4, 0.5) is 0 Å². The fourth-order valence-electron chi connectivity index (χ4n) is 3.00. The van der Waals surface area contributed by atoms with Crippen LogP contribution in [0.5, 0.6) is 0 Å². The molecule has 0 aromatic rings. The van der Waals surface area contributed by atoms with E-state index in [0.717, 1.165) is 38.6 Å². The summed E-state index contributed by atoms with van der Waals surface area (Å²) in [6, 6.07) is -0.372. The Hall–Kier alpha value is -1.10. The second kappa shape index (κ2) is 5.26. The minimum atomic E-state index is -0.804. The van der Waals surface area contributed by atoms with Gasteiger partial charge in [0, 0.05) is 6.04 Å². The zero-order chi connectivity index (χ0) is 13.2. The number of rotatable bonds is 3. The van der Waals surface area contributed by atoms with Crippen LogP contribution in [0.15, 0.2) is 0 Å². The van der Waals surface area contributed by atoms with E-state index in [1.807, 2.05) is 0 Å². The minimum Gasteiger partial charge on any atom is -0.481 e. The van der Waals surface area contributed by atoms with E-state index in [4.69, 9.17) is 0 Å². The highest BCUT2D eigenvalue weighted by Gasteiger charge is 2.46. The first-order chi connectivity index (χ1) is 8.54. The van der Waals surface area contributed by atoms with Gasteiger partial charge >= 0.3 is 5.97 Å². The molecule has 2 rings (SSSR count). The Kier molecular flexibility index (Phi) is 3.90. The summed E-state index contributed by atoms with van der Waals surface area (Å²) in [4.78, 5) is 23.4. The lowest BCUT2D eigenvalue weighted by molar-refractivity contribution is -0.149. The molecule has 1 amide bonds. The standard InChI is InChI=1S/C13H22N2O3/c1-13(12(17)18)7-4-6-10(13)15-11(16)9-5-2-3-8-14-9/h9-10,14H,2-8H2,1H3,(H,15,16)(H,17,18)/t9-,10?,13?/m1/s1. The zero-order valence-electron chi connectivity index (χ0n) is 10.9. The van der Waals surface area contributed by atoms with Gasteiger partial charge in [-0.3, -0.25) is 9.59 Å². The molecule has 0 spiro atoms. The third-order valence-electron chi connectivity index (χ3n) is 4.39. The molecule has 2 aliphatic rings. The number of carboxylic acids is 1. The fourth-order valence-corrected chi connectivity index (χ4v) is 3.00. The van der Waals surface area contributed by atoms with E-state index < -0.39 is 11.4 Å². The number of carbonyl (C=O) groups excluding carboxylic acids is 1. The molecule has 5 heteroatoms. The van der Waals surface area contributed by atoms with Crippen LogP contribution in [-0.4, -0.2) is 35.6 Å². The fraction of sp³-hybridized carbons (Fsp3) is 0.846. The zero-order valence-corrected chi connectivity index (χ0v) is 10.9. The third-order valence-corrected chi connectivity index (χ3v) is 4.39. The van der Waals surface area contributed by atoms with Crippen molar-refractivity contribution >= 4 is 11.9 Å². The molecule has 102 valence electrons. The molecule has 2 fully saturated rings. The highest BCUT2D eigenvalue weighted by Crippen LogP contribution is 2.38. The van der Waals surface area contributed by atoms with E-state index in [1.54, 1.807) is 6.92 Å². The Bertz CT molecular complexity index is 339. The summed E-state index contributed by atoms with van der Waals surface area (Å²) in [6.07, 6.45) is 5.30. The van der Waals surface area contributed by atoms with Crippen molar-refractivity contribution in [3.8, 4) is 0 Å². The molecule has 0 aromatic carbocycles. The van der Waals surface area contributed by atoms with Gasteiger partial charge < -0.3 is 15.7 Å². The molecule has 1 aliphatic carbocycles. The molecule has 1 heterocycles. The molecule has 1 saturated heterocycles. The third kappa shape index (κ3) is 2.51. The van der Waals surface area contributed by atoms with Gasteiger partial charge in [0.2, 0.25) is 5.91 Å². The lowest BCUT2D eigenvalue weighted by Crippen LogP contribution is -2.53. The van der Waals surface area contributed by atoms with Gasteiger partial charge in [0.25, 0.3) is 0 Å². The Morgan fingerprint density at radius 3 is 2.67 bits per heavy atom. The topological polar surface area (TPSA) is 78.4 Å². The number of piperidine rings is 1. The summed E-state index contributed by atoms with van der Waals surface area (Å²) < 4.78 is 0. The molecule has 3 atom stereocenters. The van der Waals surface area contributed by atoms with Crippen molar-refractivity contribution in [1.82, 2.24) is 10.6 Å². The molecule has 5 nitrogen and oxygen atoms in total. The molecule has 3 N–H and O–H groups in total. The Morgan fingerprint density at radius 2 is 2.06 bits per heavy atom. The number of hydrogen-bond donors (Lipinski definition) is 3. The van der Waals surface area contributed by atoms with Crippen LogP contribution in [0.25, 0.3) is 0 Å². The van der Waals surface area contributed by atoms with Crippen LogP contribution in [0.1, 0.15) is 45.4 Å². The molecule has 18 heavy (non-hydrogen) atoms. The first-order valence-corrected chi connectivity index (χ1v) is 6.81. The highest BCUT2D eigenvalue weighted by atomic mass is 16.4. The summed E-state index contributed by atoms with van der Waals surface area (Å²) in [5.41, 5.74) is -0.801. The van der Waals surface area contributed by atoms with Crippen molar-refractivity contribution in [2.45, 2.75) is 57.5 Å². The van der Waals surface area contributed by atoms with E-state index in [1.165, 1.54) is 0 Å². The van der Waals surface area contributed by atoms with Gasteiger partial charge in [-0.25, -0.2) is 0 Å². The van der Waals surface area contributed by atoms with E-state index in [9.17, 15) is 14.7 Å². The number of amides is 1. The summed E-state index contributed by atoms with van der Waals surface area (Å²) >= 11 is 0. The lowest BCUT2D eigenvalue weighted by Gasteiger charge is -2.30. The predicted molar refractivity (Wildman–Crippen MR) is 67.2 cm³/mol. The van der Waals surface area contributed by atoms with Gasteiger partial charge in [-0.2, -0.15) is 0 Å².